The van der Waals surface area contributed by atoms with Crippen LogP contribution < -0.4 is 0 Å². The molecule has 2 aromatic carbocycles. The third-order valence-electron chi connectivity index (χ3n) is 2.80. The molecule has 0 saturated heterocycles. The molecule has 0 spiro atoms. The average molecular weight is 260 g/mol. The summed E-state index contributed by atoms with van der Waals surface area (Å²) in [7, 11) is 0. The number of hydrogen-bond donors (Lipinski definition) is 0. The Morgan fingerprint density at radius 1 is 1.22 bits per heavy atom. The first-order chi connectivity index (χ1) is 8.61. The van der Waals surface area contributed by atoms with Gasteiger partial charge in [-0.05, 0) is 41.3 Å². The smallest absolute Gasteiger partial charge is 0.141 e. The Labute approximate surface area is 110 Å². The van der Waals surface area contributed by atoms with Crippen LogP contribution in [-0.2, 0) is 6.42 Å². The second-order valence-corrected chi connectivity index (χ2v) is 4.52. The zero-order chi connectivity index (χ0) is 13.1. The molecule has 0 radical (unpaired) electrons. The van der Waals surface area contributed by atoms with E-state index in [1.165, 1.54) is 6.07 Å². The fraction of sp³-hybridized carbons (Fsp3) is 0.133. The number of halogens is 2. The highest BCUT2D eigenvalue weighted by molar-refractivity contribution is 6.31. The minimum absolute atomic E-state index is 0.119. The van der Waals surface area contributed by atoms with Crippen LogP contribution in [0.1, 0.15) is 11.1 Å². The molecule has 2 rings (SSSR count). The van der Waals surface area contributed by atoms with Crippen LogP contribution in [0.15, 0.2) is 36.4 Å². The first kappa shape index (κ1) is 12.6. The third kappa shape index (κ3) is 2.52. The summed E-state index contributed by atoms with van der Waals surface area (Å²) in [6.07, 6.45) is 0.394. The molecule has 0 aliphatic heterocycles. The van der Waals surface area contributed by atoms with Crippen LogP contribution in [0, 0.1) is 24.1 Å². The highest BCUT2D eigenvalue weighted by Gasteiger charge is 2.06. The van der Waals surface area contributed by atoms with Gasteiger partial charge in [-0.2, -0.15) is 5.26 Å². The summed E-state index contributed by atoms with van der Waals surface area (Å²) in [6.45, 7) is 1.97. The standard InChI is InChI=1S/C15H11ClFN/c1-10-8-11(6-7-18)2-4-13(10)12-3-5-15(17)14(16)9-12/h2-5,8-9H,6H2,1H3. The van der Waals surface area contributed by atoms with Crippen molar-refractivity contribution in [2.45, 2.75) is 13.3 Å². The summed E-state index contributed by atoms with van der Waals surface area (Å²) in [5.74, 6) is -0.417. The normalized spacial score (nSPS) is 10.1. The quantitative estimate of drug-likeness (QED) is 0.778. The molecule has 1 nitrogen and oxygen atoms in total. The Hall–Kier alpha value is -1.85. The molecule has 18 heavy (non-hydrogen) atoms. The van der Waals surface area contributed by atoms with Gasteiger partial charge in [-0.1, -0.05) is 35.9 Å². The molecular weight excluding hydrogens is 249 g/mol. The van der Waals surface area contributed by atoms with Gasteiger partial charge in [0.05, 0.1) is 17.5 Å². The molecule has 2 aromatic rings. The molecule has 0 aromatic heterocycles. The fourth-order valence-electron chi connectivity index (χ4n) is 1.91. The predicted octanol–water partition coefficient (Wildman–Crippen LogP) is 4.52. The van der Waals surface area contributed by atoms with Gasteiger partial charge in [-0.25, -0.2) is 4.39 Å². The molecule has 0 amide bonds. The molecule has 3 heteroatoms. The lowest BCUT2D eigenvalue weighted by Gasteiger charge is -2.08. The summed E-state index contributed by atoms with van der Waals surface area (Å²) in [5.41, 5.74) is 3.90. The predicted molar refractivity (Wildman–Crippen MR) is 70.9 cm³/mol. The van der Waals surface area contributed by atoms with Gasteiger partial charge in [0.2, 0.25) is 0 Å². The minimum Gasteiger partial charge on any atom is -0.205 e. The molecule has 0 atom stereocenters. The van der Waals surface area contributed by atoms with Gasteiger partial charge in [0.1, 0.15) is 5.82 Å². The van der Waals surface area contributed by atoms with Gasteiger partial charge in [0.25, 0.3) is 0 Å². The monoisotopic (exact) mass is 259 g/mol. The number of rotatable bonds is 2. The van der Waals surface area contributed by atoms with Crippen molar-refractivity contribution >= 4 is 11.6 Å². The Balaban J connectivity index is 2.45. The van der Waals surface area contributed by atoms with E-state index < -0.39 is 5.82 Å². The molecule has 0 aliphatic carbocycles. The third-order valence-corrected chi connectivity index (χ3v) is 3.09. The van der Waals surface area contributed by atoms with E-state index in [-0.39, 0.29) is 5.02 Å². The first-order valence-corrected chi connectivity index (χ1v) is 5.91. The van der Waals surface area contributed by atoms with E-state index in [9.17, 15) is 4.39 Å². The van der Waals surface area contributed by atoms with E-state index >= 15 is 0 Å². The van der Waals surface area contributed by atoms with Crippen molar-refractivity contribution in [3.05, 3.63) is 58.4 Å². The van der Waals surface area contributed by atoms with Crippen molar-refractivity contribution in [3.63, 3.8) is 0 Å². The molecule has 0 bridgehead atoms. The van der Waals surface area contributed by atoms with Crippen LogP contribution in [0.25, 0.3) is 11.1 Å². The first-order valence-electron chi connectivity index (χ1n) is 5.53. The zero-order valence-corrected chi connectivity index (χ0v) is 10.6. The van der Waals surface area contributed by atoms with Crippen LogP contribution in [0.5, 0.6) is 0 Å². The number of aryl methyl sites for hydroxylation is 1. The zero-order valence-electron chi connectivity index (χ0n) is 9.87. The fourth-order valence-corrected chi connectivity index (χ4v) is 2.10. The summed E-state index contributed by atoms with van der Waals surface area (Å²) in [4.78, 5) is 0. The van der Waals surface area contributed by atoms with Crippen molar-refractivity contribution in [2.24, 2.45) is 0 Å². The van der Waals surface area contributed by atoms with E-state index in [1.807, 2.05) is 25.1 Å². The molecule has 0 saturated carbocycles. The Morgan fingerprint density at radius 2 is 2.00 bits per heavy atom. The Kier molecular flexibility index (Phi) is 3.64. The van der Waals surface area contributed by atoms with Gasteiger partial charge in [0.15, 0.2) is 0 Å². The van der Waals surface area contributed by atoms with Crippen LogP contribution >= 0.6 is 11.6 Å². The maximum atomic E-state index is 13.1. The molecule has 0 fully saturated rings. The number of benzene rings is 2. The highest BCUT2D eigenvalue weighted by atomic mass is 35.5. The van der Waals surface area contributed by atoms with Crippen molar-refractivity contribution in [2.75, 3.05) is 0 Å². The van der Waals surface area contributed by atoms with Crippen molar-refractivity contribution in [3.8, 4) is 17.2 Å². The lowest BCUT2D eigenvalue weighted by Crippen LogP contribution is -1.88. The van der Waals surface area contributed by atoms with E-state index in [0.29, 0.717) is 6.42 Å². The second-order valence-electron chi connectivity index (χ2n) is 4.11. The molecule has 0 N–H and O–H groups in total. The SMILES string of the molecule is Cc1cc(CC#N)ccc1-c1ccc(F)c(Cl)c1. The minimum atomic E-state index is -0.417. The highest BCUT2D eigenvalue weighted by Crippen LogP contribution is 2.28. The summed E-state index contributed by atoms with van der Waals surface area (Å²) in [6, 6.07) is 12.6. The molecule has 0 unspecified atom stereocenters. The Morgan fingerprint density at radius 3 is 2.61 bits per heavy atom. The van der Waals surface area contributed by atoms with Gasteiger partial charge in [0, 0.05) is 0 Å². The van der Waals surface area contributed by atoms with Crippen molar-refractivity contribution in [1.82, 2.24) is 0 Å². The van der Waals surface area contributed by atoms with Crippen molar-refractivity contribution < 1.29 is 4.39 Å². The van der Waals surface area contributed by atoms with E-state index in [1.54, 1.807) is 12.1 Å². The number of hydrogen-bond acceptors (Lipinski definition) is 1. The summed E-state index contributed by atoms with van der Waals surface area (Å²) >= 11 is 5.78. The molecule has 0 aliphatic rings. The van der Waals surface area contributed by atoms with Crippen LogP contribution in [0.4, 0.5) is 4.39 Å². The topological polar surface area (TPSA) is 23.8 Å². The maximum absolute atomic E-state index is 13.1. The average Bonchev–Trinajstić information content (AvgIpc) is 2.34. The van der Waals surface area contributed by atoms with E-state index in [2.05, 4.69) is 6.07 Å². The van der Waals surface area contributed by atoms with Crippen LogP contribution in [-0.4, -0.2) is 0 Å². The lowest BCUT2D eigenvalue weighted by molar-refractivity contribution is 0.628. The van der Waals surface area contributed by atoms with Gasteiger partial charge in [-0.3, -0.25) is 0 Å². The van der Waals surface area contributed by atoms with Crippen LogP contribution in [0.2, 0.25) is 5.02 Å². The van der Waals surface area contributed by atoms with E-state index in [0.717, 1.165) is 22.3 Å². The largest absolute Gasteiger partial charge is 0.205 e. The van der Waals surface area contributed by atoms with Crippen molar-refractivity contribution in [1.29, 1.82) is 5.26 Å². The van der Waals surface area contributed by atoms with Gasteiger partial charge in [-0.15, -0.1) is 0 Å². The van der Waals surface area contributed by atoms with Gasteiger partial charge >= 0.3 is 0 Å². The molecule has 0 heterocycles. The van der Waals surface area contributed by atoms with E-state index in [4.69, 9.17) is 16.9 Å². The number of nitriles is 1. The Bertz CT molecular complexity index is 629. The summed E-state index contributed by atoms with van der Waals surface area (Å²) < 4.78 is 13.1. The molecule has 90 valence electrons. The maximum Gasteiger partial charge on any atom is 0.141 e. The number of nitrogens with zero attached hydrogens (tertiary/aromatic N) is 1. The second kappa shape index (κ2) is 5.20. The van der Waals surface area contributed by atoms with Crippen LogP contribution in [0.3, 0.4) is 0 Å². The lowest BCUT2D eigenvalue weighted by atomic mass is 9.98. The summed E-state index contributed by atoms with van der Waals surface area (Å²) in [5, 5.41) is 8.77. The molecular formula is C15H11ClFN. The van der Waals surface area contributed by atoms with Gasteiger partial charge < -0.3 is 0 Å².